The van der Waals surface area contributed by atoms with E-state index >= 15 is 0 Å². The smallest absolute Gasteiger partial charge is 0.435 e. The van der Waals surface area contributed by atoms with Crippen LogP contribution in [0.25, 0.3) is 0 Å². The molecule has 1 aromatic rings. The number of hydrogen-bond acceptors (Lipinski definition) is 6. The monoisotopic (exact) mass is 433 g/mol. The minimum atomic E-state index is -4.55. The van der Waals surface area contributed by atoms with E-state index in [1.54, 1.807) is 10.3 Å². The predicted octanol–water partition coefficient (Wildman–Crippen LogP) is 1.68. The number of piperazine rings is 1. The van der Waals surface area contributed by atoms with E-state index in [1.165, 1.54) is 18.7 Å². The average Bonchev–Trinajstić information content (AvgIpc) is 3.27. The van der Waals surface area contributed by atoms with Crippen LogP contribution in [0.15, 0.2) is 17.2 Å². The van der Waals surface area contributed by atoms with Gasteiger partial charge in [0.15, 0.2) is 5.69 Å². The Bertz CT molecular complexity index is 833. The van der Waals surface area contributed by atoms with Crippen molar-refractivity contribution in [1.29, 1.82) is 0 Å². The van der Waals surface area contributed by atoms with Gasteiger partial charge in [-0.25, -0.2) is 4.79 Å². The van der Waals surface area contributed by atoms with Crippen LogP contribution in [0, 0.1) is 6.92 Å². The highest BCUT2D eigenvalue weighted by Crippen LogP contribution is 2.38. The van der Waals surface area contributed by atoms with Gasteiger partial charge in [-0.05, 0) is 19.4 Å². The second-order valence-corrected chi connectivity index (χ2v) is 8.06. The molecule has 0 saturated carbocycles. The minimum absolute atomic E-state index is 0.144. The van der Waals surface area contributed by atoms with Gasteiger partial charge in [0.25, 0.3) is 0 Å². The van der Waals surface area contributed by atoms with E-state index in [-0.39, 0.29) is 23.8 Å². The van der Waals surface area contributed by atoms with Crippen LogP contribution in [0.3, 0.4) is 0 Å². The number of carboxylic acids is 1. The number of nitrogens with zero attached hydrogens (tertiary/aromatic N) is 4. The van der Waals surface area contributed by atoms with Crippen LogP contribution in [-0.2, 0) is 22.3 Å². The molecule has 8 nitrogen and oxygen atoms in total. The van der Waals surface area contributed by atoms with Crippen molar-refractivity contribution < 1.29 is 27.9 Å². The zero-order valence-corrected chi connectivity index (χ0v) is 16.8. The second kappa shape index (κ2) is 7.90. The highest BCUT2D eigenvalue weighted by atomic mass is 32.2. The van der Waals surface area contributed by atoms with E-state index in [0.29, 0.717) is 32.6 Å². The lowest BCUT2D eigenvalue weighted by atomic mass is 10.2. The third-order valence-corrected chi connectivity index (χ3v) is 6.50. The van der Waals surface area contributed by atoms with Crippen molar-refractivity contribution >= 4 is 23.6 Å². The molecule has 2 aliphatic rings. The van der Waals surface area contributed by atoms with E-state index in [1.807, 2.05) is 6.92 Å². The number of halogens is 3. The van der Waals surface area contributed by atoms with Crippen molar-refractivity contribution in [2.24, 2.45) is 0 Å². The number of aromatic nitrogens is 2. The standard InChI is InChI=1S/C17H22F3N5O3S/c1-3-16(21-12(10-29-16)15(27)28)24-6-4-23(5-7-24)14(26)9-25-11(2)8-13(22-25)17(18,19)20/h8,10,21H,3-7,9H2,1-2H3,(H,27,28). The zero-order valence-electron chi connectivity index (χ0n) is 16.0. The van der Waals surface area contributed by atoms with Crippen molar-refractivity contribution in [2.45, 2.75) is 38.0 Å². The molecule has 1 aromatic heterocycles. The van der Waals surface area contributed by atoms with E-state index in [0.717, 1.165) is 10.7 Å². The number of thioether (sulfide) groups is 1. The molecule has 2 N–H and O–H groups in total. The third kappa shape index (κ3) is 4.37. The Morgan fingerprint density at radius 2 is 1.97 bits per heavy atom. The Morgan fingerprint density at radius 3 is 2.45 bits per heavy atom. The Morgan fingerprint density at radius 1 is 1.31 bits per heavy atom. The lowest BCUT2D eigenvalue weighted by molar-refractivity contribution is -0.142. The molecule has 1 fully saturated rings. The van der Waals surface area contributed by atoms with E-state index in [4.69, 9.17) is 0 Å². The van der Waals surface area contributed by atoms with Crippen molar-refractivity contribution in [2.75, 3.05) is 26.2 Å². The summed E-state index contributed by atoms with van der Waals surface area (Å²) in [7, 11) is 0. The molecule has 0 aliphatic carbocycles. The zero-order chi connectivity index (χ0) is 21.4. The van der Waals surface area contributed by atoms with Gasteiger partial charge in [0, 0.05) is 37.3 Å². The number of alkyl halides is 3. The molecule has 12 heteroatoms. The number of carboxylic acid groups (broad SMARTS) is 1. The summed E-state index contributed by atoms with van der Waals surface area (Å²) in [5.74, 6) is -1.32. The lowest BCUT2D eigenvalue weighted by Gasteiger charge is -2.45. The summed E-state index contributed by atoms with van der Waals surface area (Å²) in [6.07, 6.45) is -3.89. The van der Waals surface area contributed by atoms with E-state index < -0.39 is 22.8 Å². The number of amides is 1. The molecule has 2 aliphatic heterocycles. The highest BCUT2D eigenvalue weighted by Gasteiger charge is 2.42. The van der Waals surface area contributed by atoms with Crippen LogP contribution in [0.5, 0.6) is 0 Å². The second-order valence-electron chi connectivity index (χ2n) is 6.91. The maximum atomic E-state index is 12.8. The Labute approximate surface area is 169 Å². The third-order valence-electron chi connectivity index (χ3n) is 5.11. The first-order valence-electron chi connectivity index (χ1n) is 9.09. The topological polar surface area (TPSA) is 90.7 Å². The number of carbonyl (C=O) groups excluding carboxylic acids is 1. The van der Waals surface area contributed by atoms with Crippen molar-refractivity contribution in [3.8, 4) is 0 Å². The van der Waals surface area contributed by atoms with Crippen LogP contribution in [0.4, 0.5) is 13.2 Å². The number of carbonyl (C=O) groups is 2. The van der Waals surface area contributed by atoms with Gasteiger partial charge in [-0.15, -0.1) is 0 Å². The van der Waals surface area contributed by atoms with Crippen molar-refractivity contribution in [3.63, 3.8) is 0 Å². The molecule has 1 saturated heterocycles. The van der Waals surface area contributed by atoms with Crippen LogP contribution >= 0.6 is 11.8 Å². The summed E-state index contributed by atoms with van der Waals surface area (Å²) < 4.78 is 39.4. The molecule has 3 rings (SSSR count). The van der Waals surface area contributed by atoms with Gasteiger partial charge in [-0.1, -0.05) is 18.7 Å². The van der Waals surface area contributed by atoms with Gasteiger partial charge < -0.3 is 15.3 Å². The van der Waals surface area contributed by atoms with Crippen LogP contribution in [0.2, 0.25) is 0 Å². The molecule has 0 bridgehead atoms. The molecule has 0 radical (unpaired) electrons. The van der Waals surface area contributed by atoms with Crippen LogP contribution in [0.1, 0.15) is 24.7 Å². The number of rotatable bonds is 5. The minimum Gasteiger partial charge on any atom is -0.477 e. The Hall–Kier alpha value is -2.21. The first-order chi connectivity index (χ1) is 13.6. The maximum absolute atomic E-state index is 12.8. The lowest BCUT2D eigenvalue weighted by Crippen LogP contribution is -2.61. The fourth-order valence-electron chi connectivity index (χ4n) is 3.43. The SMILES string of the molecule is CCC1(N2CCN(C(=O)Cn3nc(C(F)(F)F)cc3C)CC2)NC(C(=O)O)=CS1. The van der Waals surface area contributed by atoms with Crippen molar-refractivity contribution in [1.82, 2.24) is 24.9 Å². The Balaban J connectivity index is 1.59. The molecular formula is C17H22F3N5O3S. The summed E-state index contributed by atoms with van der Waals surface area (Å²) in [5.41, 5.74) is -0.596. The van der Waals surface area contributed by atoms with Gasteiger partial charge >= 0.3 is 12.1 Å². The van der Waals surface area contributed by atoms with Gasteiger partial charge in [0.2, 0.25) is 5.91 Å². The molecule has 0 aromatic carbocycles. The molecule has 1 unspecified atom stereocenters. The van der Waals surface area contributed by atoms with Crippen LogP contribution in [-0.4, -0.2) is 67.7 Å². The quantitative estimate of drug-likeness (QED) is 0.730. The predicted molar refractivity (Wildman–Crippen MR) is 99.6 cm³/mol. The summed E-state index contributed by atoms with van der Waals surface area (Å²) in [6.45, 7) is 5.02. The van der Waals surface area contributed by atoms with Crippen molar-refractivity contribution in [3.05, 3.63) is 28.6 Å². The molecule has 3 heterocycles. The molecule has 160 valence electrons. The first-order valence-corrected chi connectivity index (χ1v) is 9.97. The average molecular weight is 433 g/mol. The van der Waals surface area contributed by atoms with E-state index in [9.17, 15) is 27.9 Å². The largest absolute Gasteiger partial charge is 0.477 e. The molecule has 1 atom stereocenters. The van der Waals surface area contributed by atoms with E-state index in [2.05, 4.69) is 15.3 Å². The van der Waals surface area contributed by atoms with Crippen LogP contribution < -0.4 is 5.32 Å². The summed E-state index contributed by atoms with van der Waals surface area (Å²) >= 11 is 1.40. The van der Waals surface area contributed by atoms with Gasteiger partial charge in [0.05, 0.1) is 0 Å². The summed E-state index contributed by atoms with van der Waals surface area (Å²) in [4.78, 5) is 26.9. The van der Waals surface area contributed by atoms with Gasteiger partial charge in [-0.3, -0.25) is 14.4 Å². The molecule has 29 heavy (non-hydrogen) atoms. The van der Waals surface area contributed by atoms with Gasteiger partial charge in [-0.2, -0.15) is 18.3 Å². The highest BCUT2D eigenvalue weighted by molar-refractivity contribution is 8.03. The summed E-state index contributed by atoms with van der Waals surface area (Å²) in [6, 6.07) is 0.923. The molecular weight excluding hydrogens is 411 g/mol. The molecule has 0 spiro atoms. The first kappa shape index (κ1) is 21.5. The van der Waals surface area contributed by atoms with Gasteiger partial charge in [0.1, 0.15) is 17.2 Å². The fourth-order valence-corrected chi connectivity index (χ4v) is 4.57. The number of aliphatic carboxylic acids is 1. The maximum Gasteiger partial charge on any atom is 0.435 e. The number of nitrogens with one attached hydrogen (secondary N) is 1. The summed E-state index contributed by atoms with van der Waals surface area (Å²) in [5, 5.41) is 17.3. The Kier molecular flexibility index (Phi) is 5.86. The normalized spacial score (nSPS) is 23.1. The fraction of sp³-hybridized carbons (Fsp3) is 0.588. The number of aryl methyl sites for hydroxylation is 1. The number of hydrogen-bond donors (Lipinski definition) is 2. The molecule has 1 amide bonds.